The van der Waals surface area contributed by atoms with Crippen molar-refractivity contribution in [2.24, 2.45) is 0 Å². The zero-order valence-electron chi connectivity index (χ0n) is 16.7. The first-order valence-corrected chi connectivity index (χ1v) is 12.3. The first-order valence-electron chi connectivity index (χ1n) is 10.1. The smallest absolute Gasteiger partial charge is 0.244 e. The summed E-state index contributed by atoms with van der Waals surface area (Å²) in [6.07, 6.45) is 3.25. The van der Waals surface area contributed by atoms with Crippen LogP contribution in [0.25, 0.3) is 22.0 Å². The van der Waals surface area contributed by atoms with E-state index in [-0.39, 0.29) is 4.90 Å². The number of benzene rings is 2. The van der Waals surface area contributed by atoms with Crippen LogP contribution in [0.1, 0.15) is 12.8 Å². The molecule has 2 aromatic heterocycles. The molecular weight excluding hydrogens is 428 g/mol. The van der Waals surface area contributed by atoms with E-state index >= 15 is 0 Å². The molecule has 0 spiro atoms. The topological polar surface area (TPSA) is 76.0 Å². The fourth-order valence-electron chi connectivity index (χ4n) is 3.72. The van der Waals surface area contributed by atoms with E-state index in [9.17, 15) is 8.42 Å². The third kappa shape index (κ3) is 3.94. The summed E-state index contributed by atoms with van der Waals surface area (Å²) in [6.45, 7) is 1.16. The van der Waals surface area contributed by atoms with E-state index < -0.39 is 10.0 Å². The van der Waals surface area contributed by atoms with Gasteiger partial charge in [0.25, 0.3) is 0 Å². The second kappa shape index (κ2) is 8.37. The van der Waals surface area contributed by atoms with E-state index in [0.29, 0.717) is 18.1 Å². The van der Waals surface area contributed by atoms with Crippen molar-refractivity contribution in [2.75, 3.05) is 13.1 Å². The predicted molar refractivity (Wildman–Crippen MR) is 121 cm³/mol. The summed E-state index contributed by atoms with van der Waals surface area (Å²) >= 11 is 1.38. The second-order valence-corrected chi connectivity index (χ2v) is 10.3. The number of pyridine rings is 1. The molecule has 156 valence electrons. The van der Waals surface area contributed by atoms with Gasteiger partial charge in [0.2, 0.25) is 10.0 Å². The quantitative estimate of drug-likeness (QED) is 0.443. The summed E-state index contributed by atoms with van der Waals surface area (Å²) in [5.74, 6) is 0. The van der Waals surface area contributed by atoms with Crippen molar-refractivity contribution < 1.29 is 8.42 Å². The van der Waals surface area contributed by atoms with Gasteiger partial charge in [-0.05, 0) is 36.7 Å². The van der Waals surface area contributed by atoms with Crippen molar-refractivity contribution >= 4 is 32.6 Å². The van der Waals surface area contributed by atoms with Crippen LogP contribution in [0.5, 0.6) is 0 Å². The van der Waals surface area contributed by atoms with Gasteiger partial charge in [0.15, 0.2) is 0 Å². The Morgan fingerprint density at radius 1 is 0.806 bits per heavy atom. The molecule has 5 rings (SSSR count). The number of hydrogen-bond donors (Lipinski definition) is 0. The van der Waals surface area contributed by atoms with Gasteiger partial charge in [-0.15, -0.1) is 10.2 Å². The highest BCUT2D eigenvalue weighted by molar-refractivity contribution is 7.99. The fraction of sp³-hybridized carbons (Fsp3) is 0.174. The molecule has 1 aliphatic rings. The summed E-state index contributed by atoms with van der Waals surface area (Å²) in [5.41, 5.74) is 1.85. The minimum Gasteiger partial charge on any atom is -0.248 e. The Hall–Kier alpha value is -2.81. The van der Waals surface area contributed by atoms with Crippen LogP contribution in [0.3, 0.4) is 0 Å². The number of rotatable bonds is 5. The van der Waals surface area contributed by atoms with Crippen LogP contribution in [0, 0.1) is 0 Å². The number of nitrogens with zero attached hydrogens (tertiary/aromatic N) is 4. The third-order valence-electron chi connectivity index (χ3n) is 5.31. The first-order chi connectivity index (χ1) is 15.1. The standard InChI is InChI=1S/C23H20N4O2S2/c28-31(29,27-14-6-7-15-27)18-12-13-21(24-16-18)30-23-20-11-5-4-10-19(20)22(25-26-23)17-8-2-1-3-9-17/h1-5,8-13,16H,6-7,14-15H2. The fourth-order valence-corrected chi connectivity index (χ4v) is 5.99. The van der Waals surface area contributed by atoms with Crippen molar-refractivity contribution in [3.63, 3.8) is 0 Å². The van der Waals surface area contributed by atoms with Gasteiger partial charge in [-0.3, -0.25) is 0 Å². The molecule has 1 saturated heterocycles. The lowest BCUT2D eigenvalue weighted by Gasteiger charge is -2.15. The highest BCUT2D eigenvalue weighted by Gasteiger charge is 2.27. The Bertz CT molecular complexity index is 1320. The first kappa shape index (κ1) is 20.1. The maximum absolute atomic E-state index is 12.7. The van der Waals surface area contributed by atoms with Crippen molar-refractivity contribution in [2.45, 2.75) is 27.8 Å². The lowest BCUT2D eigenvalue weighted by Crippen LogP contribution is -2.27. The SMILES string of the molecule is O=S(=O)(c1ccc(Sc2nnc(-c3ccccc3)c3ccccc23)nc1)N1CCCC1. The minimum atomic E-state index is -3.47. The molecule has 0 unspecified atom stereocenters. The van der Waals surface area contributed by atoms with Gasteiger partial charge in [-0.2, -0.15) is 4.31 Å². The van der Waals surface area contributed by atoms with Crippen molar-refractivity contribution in [1.29, 1.82) is 0 Å². The van der Waals surface area contributed by atoms with Crippen LogP contribution in [-0.4, -0.2) is 41.0 Å². The maximum Gasteiger partial charge on any atom is 0.244 e. The normalized spacial score (nSPS) is 14.8. The maximum atomic E-state index is 12.7. The van der Waals surface area contributed by atoms with Crippen LogP contribution in [0.15, 0.2) is 87.9 Å². The van der Waals surface area contributed by atoms with E-state index in [1.54, 1.807) is 12.1 Å². The molecule has 4 aromatic rings. The largest absolute Gasteiger partial charge is 0.248 e. The molecule has 0 aliphatic carbocycles. The average molecular weight is 449 g/mol. The molecule has 1 fully saturated rings. The zero-order valence-corrected chi connectivity index (χ0v) is 18.3. The number of aromatic nitrogens is 3. The highest BCUT2D eigenvalue weighted by Crippen LogP contribution is 2.34. The van der Waals surface area contributed by atoms with E-state index in [0.717, 1.165) is 39.9 Å². The van der Waals surface area contributed by atoms with Crippen LogP contribution in [0.2, 0.25) is 0 Å². The Labute approximate surface area is 185 Å². The van der Waals surface area contributed by atoms with Crippen LogP contribution < -0.4 is 0 Å². The van der Waals surface area contributed by atoms with Gasteiger partial charge in [-0.1, -0.05) is 54.6 Å². The molecule has 1 aliphatic heterocycles. The van der Waals surface area contributed by atoms with Gasteiger partial charge in [0.1, 0.15) is 20.6 Å². The molecular formula is C23H20N4O2S2. The molecule has 6 nitrogen and oxygen atoms in total. The number of fused-ring (bicyclic) bond motifs is 1. The van der Waals surface area contributed by atoms with Crippen molar-refractivity contribution in [3.05, 3.63) is 72.9 Å². The zero-order chi connectivity index (χ0) is 21.3. The van der Waals surface area contributed by atoms with Gasteiger partial charge >= 0.3 is 0 Å². The highest BCUT2D eigenvalue weighted by atomic mass is 32.2. The molecule has 0 radical (unpaired) electrons. The lowest BCUT2D eigenvalue weighted by atomic mass is 10.1. The summed E-state index contributed by atoms with van der Waals surface area (Å²) in [6, 6.07) is 21.3. The average Bonchev–Trinajstić information content (AvgIpc) is 3.36. The van der Waals surface area contributed by atoms with Crippen molar-refractivity contribution in [3.8, 4) is 11.3 Å². The molecule has 2 aromatic carbocycles. The third-order valence-corrected chi connectivity index (χ3v) is 8.14. The lowest BCUT2D eigenvalue weighted by molar-refractivity contribution is 0.477. The van der Waals surface area contributed by atoms with Crippen LogP contribution in [0.4, 0.5) is 0 Å². The van der Waals surface area contributed by atoms with Crippen LogP contribution >= 0.6 is 11.8 Å². The molecule has 0 bridgehead atoms. The predicted octanol–water partition coefficient (Wildman–Crippen LogP) is 4.63. The molecule has 31 heavy (non-hydrogen) atoms. The molecule has 8 heteroatoms. The van der Waals surface area contributed by atoms with Gasteiger partial charge in [-0.25, -0.2) is 13.4 Å². The Morgan fingerprint density at radius 2 is 1.52 bits per heavy atom. The van der Waals surface area contributed by atoms with E-state index in [2.05, 4.69) is 15.2 Å². The van der Waals surface area contributed by atoms with E-state index in [1.165, 1.54) is 22.3 Å². The summed E-state index contributed by atoms with van der Waals surface area (Å²) < 4.78 is 26.9. The molecule has 0 amide bonds. The molecule has 3 heterocycles. The number of sulfonamides is 1. The van der Waals surface area contributed by atoms with Gasteiger partial charge < -0.3 is 0 Å². The Balaban J connectivity index is 1.46. The molecule has 0 saturated carbocycles. The molecule has 0 atom stereocenters. The van der Waals surface area contributed by atoms with Crippen LogP contribution in [-0.2, 0) is 10.0 Å². The Morgan fingerprint density at radius 3 is 2.23 bits per heavy atom. The van der Waals surface area contributed by atoms with Gasteiger partial charge in [0, 0.05) is 35.6 Å². The molecule has 0 N–H and O–H groups in total. The summed E-state index contributed by atoms with van der Waals surface area (Å²) in [5, 5.41) is 12.3. The summed E-state index contributed by atoms with van der Waals surface area (Å²) in [7, 11) is -3.47. The Kier molecular flexibility index (Phi) is 5.43. The van der Waals surface area contributed by atoms with Gasteiger partial charge in [0.05, 0.1) is 0 Å². The number of hydrogen-bond acceptors (Lipinski definition) is 6. The van der Waals surface area contributed by atoms with E-state index in [4.69, 9.17) is 0 Å². The van der Waals surface area contributed by atoms with Crippen molar-refractivity contribution in [1.82, 2.24) is 19.5 Å². The minimum absolute atomic E-state index is 0.231. The summed E-state index contributed by atoms with van der Waals surface area (Å²) in [4.78, 5) is 4.62. The monoisotopic (exact) mass is 448 g/mol. The van der Waals surface area contributed by atoms with E-state index in [1.807, 2.05) is 54.6 Å². The second-order valence-electron chi connectivity index (χ2n) is 7.31.